The average molecular weight is 205 g/mol. The Morgan fingerprint density at radius 1 is 1.17 bits per heavy atom. The van der Waals surface area contributed by atoms with Gasteiger partial charge in [-0.2, -0.15) is 0 Å². The monoisotopic (exact) mass is 204 g/mol. The van der Waals surface area contributed by atoms with E-state index in [9.17, 15) is 13.2 Å². The molecule has 0 amide bonds. The van der Waals surface area contributed by atoms with Crippen molar-refractivity contribution in [2.75, 3.05) is 0 Å². The van der Waals surface area contributed by atoms with Crippen LogP contribution in [0.15, 0.2) is 24.3 Å². The van der Waals surface area contributed by atoms with E-state index in [4.69, 9.17) is 11.6 Å². The highest BCUT2D eigenvalue weighted by Gasteiger charge is 2.06. The van der Waals surface area contributed by atoms with Crippen LogP contribution in [0.2, 0.25) is 5.02 Å². The first-order valence-electron chi connectivity index (χ1n) is 3.05. The van der Waals surface area contributed by atoms with Gasteiger partial charge < -0.3 is 0 Å². The summed E-state index contributed by atoms with van der Waals surface area (Å²) in [6.07, 6.45) is 0. The second-order valence-corrected chi connectivity index (χ2v) is 3.43. The Kier molecular flexibility index (Phi) is 2.83. The van der Waals surface area contributed by atoms with E-state index in [0.717, 1.165) is 0 Å². The van der Waals surface area contributed by atoms with Crippen LogP contribution in [0.25, 0.3) is 0 Å². The molecule has 1 aromatic rings. The summed E-state index contributed by atoms with van der Waals surface area (Å²) in [6, 6.07) is 5.67. The number of thiol groups is 1. The summed E-state index contributed by atoms with van der Waals surface area (Å²) in [5.41, 5.74) is 0.135. The van der Waals surface area contributed by atoms with Crippen molar-refractivity contribution < 1.29 is 13.2 Å². The molecule has 64 valence electrons. The summed E-state index contributed by atoms with van der Waals surface area (Å²) in [5.74, 6) is 0. The summed E-state index contributed by atoms with van der Waals surface area (Å²) >= 11 is 5.53. The normalized spacial score (nSPS) is 10.2. The van der Waals surface area contributed by atoms with Crippen LogP contribution in [-0.4, -0.2) is 13.5 Å². The third-order valence-corrected chi connectivity index (χ3v) is 2.10. The minimum atomic E-state index is -3.03. The van der Waals surface area contributed by atoms with Gasteiger partial charge in [0, 0.05) is 10.6 Å². The van der Waals surface area contributed by atoms with Crippen LogP contribution in [-0.2, 0) is 10.7 Å². The molecule has 0 saturated heterocycles. The SMILES string of the molecule is O=C(c1ccc(Cl)cc1)[SH](=O)=O. The number of benzene rings is 1. The van der Waals surface area contributed by atoms with Crippen LogP contribution in [0.4, 0.5) is 0 Å². The topological polar surface area (TPSA) is 51.2 Å². The lowest BCUT2D eigenvalue weighted by molar-refractivity contribution is 0.108. The van der Waals surface area contributed by atoms with E-state index in [1.807, 2.05) is 0 Å². The molecular formula is C7H5ClO3S. The summed E-state index contributed by atoms with van der Waals surface area (Å²) in [7, 11) is -3.03. The molecule has 12 heavy (non-hydrogen) atoms. The van der Waals surface area contributed by atoms with E-state index in [0.29, 0.717) is 5.02 Å². The van der Waals surface area contributed by atoms with Crippen LogP contribution in [0.3, 0.4) is 0 Å². The fourth-order valence-corrected chi connectivity index (χ4v) is 1.18. The van der Waals surface area contributed by atoms with Gasteiger partial charge in [0.05, 0.1) is 0 Å². The second kappa shape index (κ2) is 3.69. The van der Waals surface area contributed by atoms with Gasteiger partial charge in [-0.25, -0.2) is 8.42 Å². The summed E-state index contributed by atoms with van der Waals surface area (Å²) in [5, 5.41) is -0.422. The molecule has 0 aromatic heterocycles. The lowest BCUT2D eigenvalue weighted by Gasteiger charge is -1.92. The largest absolute Gasteiger partial charge is 0.276 e. The molecule has 0 bridgehead atoms. The molecule has 0 aliphatic heterocycles. The van der Waals surface area contributed by atoms with E-state index >= 15 is 0 Å². The zero-order chi connectivity index (χ0) is 9.14. The minimum Gasteiger partial charge on any atom is -0.276 e. The molecule has 0 atom stereocenters. The summed E-state index contributed by atoms with van der Waals surface area (Å²) in [4.78, 5) is 10.8. The molecule has 0 spiro atoms. The van der Waals surface area contributed by atoms with Gasteiger partial charge in [-0.1, -0.05) is 11.6 Å². The molecule has 5 heteroatoms. The molecule has 0 radical (unpaired) electrons. The molecule has 3 nitrogen and oxygen atoms in total. The summed E-state index contributed by atoms with van der Waals surface area (Å²) in [6.45, 7) is 0. The highest BCUT2D eigenvalue weighted by Crippen LogP contribution is 2.09. The maximum absolute atomic E-state index is 10.8. The molecule has 1 aromatic carbocycles. The highest BCUT2D eigenvalue weighted by atomic mass is 35.5. The zero-order valence-corrected chi connectivity index (χ0v) is 7.51. The molecule has 0 unspecified atom stereocenters. The first-order chi connectivity index (χ1) is 5.61. The third-order valence-electron chi connectivity index (χ3n) is 1.26. The van der Waals surface area contributed by atoms with Crippen molar-refractivity contribution in [3.8, 4) is 0 Å². The van der Waals surface area contributed by atoms with Gasteiger partial charge in [0.15, 0.2) is 0 Å². The van der Waals surface area contributed by atoms with Gasteiger partial charge >= 0.3 is 0 Å². The number of carbonyl (C=O) groups excluding carboxylic acids is 1. The van der Waals surface area contributed by atoms with Crippen LogP contribution in [0.5, 0.6) is 0 Å². The number of rotatable bonds is 1. The summed E-state index contributed by atoms with van der Waals surface area (Å²) < 4.78 is 20.5. The lowest BCUT2D eigenvalue weighted by atomic mass is 10.2. The van der Waals surface area contributed by atoms with E-state index in [1.165, 1.54) is 24.3 Å². The number of carbonyl (C=O) groups is 1. The van der Waals surface area contributed by atoms with Crippen LogP contribution < -0.4 is 0 Å². The fraction of sp³-hybridized carbons (Fsp3) is 0. The van der Waals surface area contributed by atoms with Crippen molar-refractivity contribution in [3.63, 3.8) is 0 Å². The van der Waals surface area contributed by atoms with Gasteiger partial charge in [0.2, 0.25) is 10.7 Å². The predicted molar refractivity (Wildman–Crippen MR) is 46.1 cm³/mol. The molecule has 0 aliphatic rings. The maximum Gasteiger partial charge on any atom is 0.273 e. The third kappa shape index (κ3) is 2.06. The average Bonchev–Trinajstić information content (AvgIpc) is 2.04. The van der Waals surface area contributed by atoms with Crippen molar-refractivity contribution in [2.45, 2.75) is 0 Å². The van der Waals surface area contributed by atoms with Crippen LogP contribution in [0.1, 0.15) is 10.4 Å². The van der Waals surface area contributed by atoms with Gasteiger partial charge in [-0.05, 0) is 24.3 Å². The molecule has 0 saturated carbocycles. The maximum atomic E-state index is 10.8. The Balaban J connectivity index is 3.05. The van der Waals surface area contributed by atoms with Gasteiger partial charge in [0.25, 0.3) is 5.12 Å². The van der Waals surface area contributed by atoms with Gasteiger partial charge in [-0.15, -0.1) is 0 Å². The Hall–Kier alpha value is -0.870. The molecule has 1 rings (SSSR count). The molecule has 0 aliphatic carbocycles. The first-order valence-corrected chi connectivity index (χ1v) is 4.61. The quantitative estimate of drug-likeness (QED) is 0.697. The van der Waals surface area contributed by atoms with Crippen LogP contribution in [0, 0.1) is 0 Å². The molecule has 0 heterocycles. The number of hydrogen-bond acceptors (Lipinski definition) is 3. The first kappa shape index (κ1) is 9.22. The van der Waals surface area contributed by atoms with Crippen molar-refractivity contribution in [2.24, 2.45) is 0 Å². The van der Waals surface area contributed by atoms with Crippen molar-refractivity contribution in [1.82, 2.24) is 0 Å². The molecular weight excluding hydrogens is 200 g/mol. The number of halogens is 1. The zero-order valence-electron chi connectivity index (χ0n) is 5.86. The number of hydrogen-bond donors (Lipinski definition) is 1. The highest BCUT2D eigenvalue weighted by molar-refractivity contribution is 7.89. The lowest BCUT2D eigenvalue weighted by Crippen LogP contribution is -1.99. The fourth-order valence-electron chi connectivity index (χ4n) is 0.698. The minimum absolute atomic E-state index is 0.135. The van der Waals surface area contributed by atoms with E-state index in [-0.39, 0.29) is 5.56 Å². The van der Waals surface area contributed by atoms with Crippen LogP contribution >= 0.6 is 11.6 Å². The van der Waals surface area contributed by atoms with Crippen molar-refractivity contribution >= 4 is 27.4 Å². The van der Waals surface area contributed by atoms with Gasteiger partial charge in [-0.3, -0.25) is 4.79 Å². The van der Waals surface area contributed by atoms with Crippen molar-refractivity contribution in [3.05, 3.63) is 34.9 Å². The molecule has 0 fully saturated rings. The van der Waals surface area contributed by atoms with E-state index in [2.05, 4.69) is 0 Å². The Labute approximate surface area is 75.9 Å². The van der Waals surface area contributed by atoms with E-state index in [1.54, 1.807) is 0 Å². The Bertz CT molecular complexity index is 359. The predicted octanol–water partition coefficient (Wildman–Crippen LogP) is 1.09. The Morgan fingerprint density at radius 2 is 1.67 bits per heavy atom. The smallest absolute Gasteiger partial charge is 0.273 e. The van der Waals surface area contributed by atoms with Crippen molar-refractivity contribution in [1.29, 1.82) is 0 Å². The molecule has 0 N–H and O–H groups in total. The second-order valence-electron chi connectivity index (χ2n) is 2.07. The standard InChI is InChI=1S/C7H5ClO3S/c8-6-3-1-5(2-4-6)7(9)12(10)11/h1-4,12H. The van der Waals surface area contributed by atoms with E-state index < -0.39 is 15.8 Å². The Morgan fingerprint density at radius 3 is 2.08 bits per heavy atom. The van der Waals surface area contributed by atoms with Gasteiger partial charge in [0.1, 0.15) is 0 Å².